The van der Waals surface area contributed by atoms with Crippen LogP contribution in [0, 0.1) is 6.92 Å². The molecule has 1 aromatic heterocycles. The summed E-state index contributed by atoms with van der Waals surface area (Å²) in [7, 11) is 0. The van der Waals surface area contributed by atoms with E-state index in [4.69, 9.17) is 4.74 Å². The van der Waals surface area contributed by atoms with E-state index < -0.39 is 17.2 Å². The van der Waals surface area contributed by atoms with Gasteiger partial charge in [-0.2, -0.15) is 9.78 Å². The van der Waals surface area contributed by atoms with Crippen molar-refractivity contribution in [2.24, 2.45) is 0 Å². The van der Waals surface area contributed by atoms with E-state index in [1.807, 2.05) is 19.9 Å². The molecular formula is C17H21N3O4. The normalized spacial score (nSPS) is 10.6. The van der Waals surface area contributed by atoms with Gasteiger partial charge in [-0.1, -0.05) is 12.1 Å². The summed E-state index contributed by atoms with van der Waals surface area (Å²) in [6, 6.07) is 8.15. The predicted molar refractivity (Wildman–Crippen MR) is 89.7 cm³/mol. The SMILES string of the molecule is CCOCCCNC(=O)c1nn(-c2cccc(C)c2)c(=O)cc1O. The topological polar surface area (TPSA) is 93.5 Å². The van der Waals surface area contributed by atoms with E-state index in [-0.39, 0.29) is 5.69 Å². The molecule has 7 nitrogen and oxygen atoms in total. The molecule has 24 heavy (non-hydrogen) atoms. The zero-order valence-corrected chi connectivity index (χ0v) is 13.8. The van der Waals surface area contributed by atoms with Crippen molar-refractivity contribution in [2.75, 3.05) is 19.8 Å². The molecule has 0 unspecified atom stereocenters. The Balaban J connectivity index is 2.20. The van der Waals surface area contributed by atoms with Gasteiger partial charge >= 0.3 is 0 Å². The number of aryl methyl sites for hydroxylation is 1. The second-order valence-electron chi connectivity index (χ2n) is 5.27. The Hall–Kier alpha value is -2.67. The molecule has 0 atom stereocenters. The van der Waals surface area contributed by atoms with Gasteiger partial charge in [0, 0.05) is 25.8 Å². The minimum Gasteiger partial charge on any atom is -0.505 e. The number of rotatable bonds is 7. The molecule has 0 aliphatic rings. The quantitative estimate of drug-likeness (QED) is 0.748. The van der Waals surface area contributed by atoms with Gasteiger partial charge in [-0.15, -0.1) is 0 Å². The number of aromatic hydroxyl groups is 1. The minimum absolute atomic E-state index is 0.187. The lowest BCUT2D eigenvalue weighted by molar-refractivity contribution is 0.0934. The van der Waals surface area contributed by atoms with Crippen molar-refractivity contribution in [3.63, 3.8) is 0 Å². The number of benzene rings is 1. The Kier molecular flexibility index (Phi) is 6.08. The molecule has 0 aliphatic heterocycles. The van der Waals surface area contributed by atoms with Crippen molar-refractivity contribution in [1.29, 1.82) is 0 Å². The van der Waals surface area contributed by atoms with E-state index in [0.29, 0.717) is 31.9 Å². The lowest BCUT2D eigenvalue weighted by atomic mass is 10.2. The molecule has 0 bridgehead atoms. The first-order valence-corrected chi connectivity index (χ1v) is 7.79. The average molecular weight is 331 g/mol. The maximum atomic E-state index is 12.2. The zero-order chi connectivity index (χ0) is 17.5. The Morgan fingerprint density at radius 1 is 1.38 bits per heavy atom. The number of aromatic nitrogens is 2. The third kappa shape index (κ3) is 4.42. The van der Waals surface area contributed by atoms with Gasteiger partial charge in [-0.3, -0.25) is 9.59 Å². The summed E-state index contributed by atoms with van der Waals surface area (Å²) in [5.74, 6) is -0.975. The van der Waals surface area contributed by atoms with E-state index in [0.717, 1.165) is 16.3 Å². The first-order valence-electron chi connectivity index (χ1n) is 7.79. The van der Waals surface area contributed by atoms with Crippen LogP contribution >= 0.6 is 0 Å². The van der Waals surface area contributed by atoms with E-state index in [9.17, 15) is 14.7 Å². The van der Waals surface area contributed by atoms with E-state index in [1.165, 1.54) is 0 Å². The third-order valence-electron chi connectivity index (χ3n) is 3.33. The van der Waals surface area contributed by atoms with Crippen molar-refractivity contribution in [2.45, 2.75) is 20.3 Å². The molecule has 2 rings (SSSR count). The Morgan fingerprint density at radius 2 is 2.17 bits per heavy atom. The van der Waals surface area contributed by atoms with Crippen LogP contribution in [0.1, 0.15) is 29.4 Å². The van der Waals surface area contributed by atoms with Crippen LogP contribution in [-0.2, 0) is 4.74 Å². The van der Waals surface area contributed by atoms with Crippen LogP contribution in [-0.4, -0.2) is 40.6 Å². The highest BCUT2D eigenvalue weighted by Crippen LogP contribution is 2.13. The summed E-state index contributed by atoms with van der Waals surface area (Å²) in [5, 5.41) is 16.5. The van der Waals surface area contributed by atoms with Gasteiger partial charge in [0.15, 0.2) is 11.4 Å². The number of nitrogens with one attached hydrogen (secondary N) is 1. The Bertz CT molecular complexity index is 771. The van der Waals surface area contributed by atoms with Crippen LogP contribution in [0.4, 0.5) is 0 Å². The number of carbonyl (C=O) groups is 1. The van der Waals surface area contributed by atoms with Gasteiger partial charge in [0.2, 0.25) is 0 Å². The summed E-state index contributed by atoms with van der Waals surface area (Å²) in [4.78, 5) is 24.2. The number of hydrogen-bond acceptors (Lipinski definition) is 5. The highest BCUT2D eigenvalue weighted by molar-refractivity contribution is 5.94. The van der Waals surface area contributed by atoms with Crippen molar-refractivity contribution in [3.8, 4) is 11.4 Å². The lowest BCUT2D eigenvalue weighted by Crippen LogP contribution is -2.30. The molecule has 1 amide bonds. The first-order chi connectivity index (χ1) is 11.5. The minimum atomic E-state index is -0.537. The monoisotopic (exact) mass is 331 g/mol. The van der Waals surface area contributed by atoms with Gasteiger partial charge in [0.05, 0.1) is 5.69 Å². The number of carbonyl (C=O) groups excluding carboxylic acids is 1. The van der Waals surface area contributed by atoms with Gasteiger partial charge in [0.1, 0.15) is 0 Å². The summed E-state index contributed by atoms with van der Waals surface area (Å²) >= 11 is 0. The fourth-order valence-corrected chi connectivity index (χ4v) is 2.16. The molecule has 1 aromatic carbocycles. The second-order valence-corrected chi connectivity index (χ2v) is 5.27. The fourth-order valence-electron chi connectivity index (χ4n) is 2.16. The van der Waals surface area contributed by atoms with Crippen LogP contribution in [0.15, 0.2) is 35.1 Å². The maximum Gasteiger partial charge on any atom is 0.275 e. The molecule has 0 fully saturated rings. The van der Waals surface area contributed by atoms with Crippen LogP contribution < -0.4 is 10.9 Å². The molecule has 128 valence electrons. The highest BCUT2D eigenvalue weighted by atomic mass is 16.5. The predicted octanol–water partition coefficient (Wildman–Crippen LogP) is 1.40. The molecular weight excluding hydrogens is 310 g/mol. The largest absolute Gasteiger partial charge is 0.505 e. The first kappa shape index (κ1) is 17.7. The molecule has 2 aromatic rings. The fraction of sp³-hybridized carbons (Fsp3) is 0.353. The van der Waals surface area contributed by atoms with Crippen molar-refractivity contribution >= 4 is 5.91 Å². The van der Waals surface area contributed by atoms with E-state index >= 15 is 0 Å². The van der Waals surface area contributed by atoms with Gasteiger partial charge in [-0.25, -0.2) is 0 Å². The van der Waals surface area contributed by atoms with Crippen molar-refractivity contribution in [3.05, 3.63) is 51.9 Å². The number of amides is 1. The molecule has 0 radical (unpaired) electrons. The maximum absolute atomic E-state index is 12.2. The summed E-state index contributed by atoms with van der Waals surface area (Å²) in [6.07, 6.45) is 0.651. The molecule has 2 N–H and O–H groups in total. The molecule has 1 heterocycles. The van der Waals surface area contributed by atoms with Crippen LogP contribution in [0.3, 0.4) is 0 Å². The second kappa shape index (κ2) is 8.26. The lowest BCUT2D eigenvalue weighted by Gasteiger charge is -2.10. The van der Waals surface area contributed by atoms with Gasteiger partial charge in [-0.05, 0) is 38.0 Å². The Morgan fingerprint density at radius 3 is 2.88 bits per heavy atom. The van der Waals surface area contributed by atoms with Crippen LogP contribution in [0.2, 0.25) is 0 Å². The van der Waals surface area contributed by atoms with Crippen molar-refractivity contribution < 1.29 is 14.6 Å². The summed E-state index contributed by atoms with van der Waals surface area (Å²) in [6.45, 7) is 5.34. The molecule has 0 spiro atoms. The standard InChI is InChI=1S/C17H21N3O4/c1-3-24-9-5-8-18-17(23)16-14(21)11-15(22)20(19-16)13-7-4-6-12(2)10-13/h4,6-7,10-11,21H,3,5,8-9H2,1-2H3,(H,18,23). The summed E-state index contributed by atoms with van der Waals surface area (Å²) in [5.41, 5.74) is 0.792. The highest BCUT2D eigenvalue weighted by Gasteiger charge is 2.16. The molecule has 0 aliphatic carbocycles. The smallest absolute Gasteiger partial charge is 0.275 e. The molecule has 0 saturated heterocycles. The van der Waals surface area contributed by atoms with E-state index in [1.54, 1.807) is 18.2 Å². The van der Waals surface area contributed by atoms with Crippen molar-refractivity contribution in [1.82, 2.24) is 15.1 Å². The van der Waals surface area contributed by atoms with Gasteiger partial charge < -0.3 is 15.2 Å². The number of nitrogens with zero attached hydrogens (tertiary/aromatic N) is 2. The van der Waals surface area contributed by atoms with Gasteiger partial charge in [0.25, 0.3) is 11.5 Å². The number of hydrogen-bond donors (Lipinski definition) is 2. The van der Waals surface area contributed by atoms with Crippen LogP contribution in [0.5, 0.6) is 5.75 Å². The van der Waals surface area contributed by atoms with E-state index in [2.05, 4.69) is 10.4 Å². The molecule has 7 heteroatoms. The Labute approximate surface area is 139 Å². The number of ether oxygens (including phenoxy) is 1. The average Bonchev–Trinajstić information content (AvgIpc) is 2.54. The summed E-state index contributed by atoms with van der Waals surface area (Å²) < 4.78 is 6.29. The third-order valence-corrected chi connectivity index (χ3v) is 3.33. The zero-order valence-electron chi connectivity index (χ0n) is 13.8. The molecule has 0 saturated carbocycles. The van der Waals surface area contributed by atoms with Crippen LogP contribution in [0.25, 0.3) is 5.69 Å².